The Balaban J connectivity index is 2.45. The molecular formula is C18H36N4O. The van der Waals surface area contributed by atoms with Gasteiger partial charge in [0.25, 0.3) is 0 Å². The lowest BCUT2D eigenvalue weighted by Gasteiger charge is -2.24. The first-order valence-electron chi connectivity index (χ1n) is 9.20. The van der Waals surface area contributed by atoms with Crippen LogP contribution in [-0.2, 0) is 4.79 Å². The molecule has 0 heterocycles. The van der Waals surface area contributed by atoms with Crippen molar-refractivity contribution in [3.8, 4) is 0 Å². The van der Waals surface area contributed by atoms with Gasteiger partial charge in [0.2, 0.25) is 5.91 Å². The topological polar surface area (TPSA) is 79.5 Å². The van der Waals surface area contributed by atoms with Crippen LogP contribution in [0.5, 0.6) is 0 Å². The number of hydrogen-bond donors (Lipinski definition) is 3. The third-order valence-corrected chi connectivity index (χ3v) is 4.76. The van der Waals surface area contributed by atoms with Crippen LogP contribution in [0.2, 0.25) is 0 Å². The summed E-state index contributed by atoms with van der Waals surface area (Å²) >= 11 is 0. The van der Waals surface area contributed by atoms with Crippen molar-refractivity contribution in [3.63, 3.8) is 0 Å². The molecule has 1 rings (SSSR count). The molecule has 4 N–H and O–H groups in total. The first-order valence-corrected chi connectivity index (χ1v) is 9.20. The van der Waals surface area contributed by atoms with Crippen molar-refractivity contribution < 1.29 is 4.79 Å². The lowest BCUT2D eigenvalue weighted by molar-refractivity contribution is -0.125. The molecule has 0 aromatic heterocycles. The zero-order chi connectivity index (χ0) is 17.3. The van der Waals surface area contributed by atoms with Gasteiger partial charge in [0.05, 0.1) is 12.0 Å². The summed E-state index contributed by atoms with van der Waals surface area (Å²) in [5.74, 6) is 1.36. The van der Waals surface area contributed by atoms with Crippen molar-refractivity contribution in [3.05, 3.63) is 0 Å². The maximum atomic E-state index is 11.4. The molecule has 1 aliphatic rings. The molecular weight excluding hydrogens is 288 g/mol. The van der Waals surface area contributed by atoms with Crippen molar-refractivity contribution >= 4 is 11.9 Å². The quantitative estimate of drug-likeness (QED) is 0.474. The van der Waals surface area contributed by atoms with Crippen LogP contribution in [0.15, 0.2) is 4.99 Å². The molecule has 0 bridgehead atoms. The van der Waals surface area contributed by atoms with Crippen LogP contribution in [0.1, 0.15) is 72.6 Å². The standard InChI is InChI=1S/C18H36N4O/c1-5-20-17(21-13-18(3,4)16(19)23)22-14(2)11-12-15-9-7-6-8-10-15/h14-15H,5-13H2,1-4H3,(H2,19,23)(H2,20,21,22). The van der Waals surface area contributed by atoms with Crippen molar-refractivity contribution in [1.29, 1.82) is 0 Å². The molecule has 0 saturated heterocycles. The number of nitrogens with two attached hydrogens (primary N) is 1. The highest BCUT2D eigenvalue weighted by molar-refractivity contribution is 5.82. The number of hydrogen-bond acceptors (Lipinski definition) is 2. The molecule has 0 aromatic carbocycles. The van der Waals surface area contributed by atoms with E-state index in [-0.39, 0.29) is 5.91 Å². The van der Waals surface area contributed by atoms with E-state index in [9.17, 15) is 4.79 Å². The summed E-state index contributed by atoms with van der Waals surface area (Å²) < 4.78 is 0. The second kappa shape index (κ2) is 9.78. The monoisotopic (exact) mass is 324 g/mol. The number of carbonyl (C=O) groups is 1. The summed E-state index contributed by atoms with van der Waals surface area (Å²) in [7, 11) is 0. The number of carbonyl (C=O) groups excluding carboxylic acids is 1. The molecule has 1 aliphatic carbocycles. The summed E-state index contributed by atoms with van der Waals surface area (Å²) in [5, 5.41) is 6.71. The predicted octanol–water partition coefficient (Wildman–Crippen LogP) is 2.80. The molecule has 1 saturated carbocycles. The Morgan fingerprint density at radius 3 is 2.52 bits per heavy atom. The van der Waals surface area contributed by atoms with E-state index in [4.69, 9.17) is 5.73 Å². The average molecular weight is 325 g/mol. The fourth-order valence-corrected chi connectivity index (χ4v) is 2.94. The van der Waals surface area contributed by atoms with E-state index in [0.717, 1.165) is 24.8 Å². The smallest absolute Gasteiger partial charge is 0.224 e. The summed E-state index contributed by atoms with van der Waals surface area (Å²) in [6, 6.07) is 0.381. The molecule has 1 unspecified atom stereocenters. The molecule has 23 heavy (non-hydrogen) atoms. The van der Waals surface area contributed by atoms with Crippen LogP contribution < -0.4 is 16.4 Å². The Kier molecular flexibility index (Phi) is 8.42. The van der Waals surface area contributed by atoms with E-state index in [2.05, 4.69) is 22.5 Å². The third kappa shape index (κ3) is 7.71. The predicted molar refractivity (Wildman–Crippen MR) is 97.4 cm³/mol. The van der Waals surface area contributed by atoms with Gasteiger partial charge in [-0.1, -0.05) is 32.1 Å². The first-order chi connectivity index (χ1) is 10.8. The number of amides is 1. The van der Waals surface area contributed by atoms with Crippen LogP contribution >= 0.6 is 0 Å². The van der Waals surface area contributed by atoms with Gasteiger partial charge in [-0.3, -0.25) is 9.79 Å². The second-order valence-corrected chi connectivity index (χ2v) is 7.57. The Labute approximate surface area is 141 Å². The molecule has 5 nitrogen and oxygen atoms in total. The third-order valence-electron chi connectivity index (χ3n) is 4.76. The number of primary amides is 1. The Bertz CT molecular complexity index is 386. The minimum Gasteiger partial charge on any atom is -0.369 e. The zero-order valence-corrected chi connectivity index (χ0v) is 15.5. The highest BCUT2D eigenvalue weighted by Gasteiger charge is 2.24. The van der Waals surface area contributed by atoms with E-state index in [1.807, 2.05) is 20.8 Å². The molecule has 5 heteroatoms. The van der Waals surface area contributed by atoms with Crippen molar-refractivity contribution in [2.24, 2.45) is 22.1 Å². The first kappa shape index (κ1) is 19.8. The summed E-state index contributed by atoms with van der Waals surface area (Å²) in [5.41, 5.74) is 4.80. The van der Waals surface area contributed by atoms with Crippen molar-refractivity contribution in [1.82, 2.24) is 10.6 Å². The maximum Gasteiger partial charge on any atom is 0.224 e. The average Bonchev–Trinajstić information content (AvgIpc) is 2.52. The SMILES string of the molecule is CCNC(=NCC(C)(C)C(N)=O)NC(C)CCC1CCCCC1. The Morgan fingerprint density at radius 1 is 1.30 bits per heavy atom. The Hall–Kier alpha value is -1.26. The van der Waals surface area contributed by atoms with Gasteiger partial charge in [0.15, 0.2) is 5.96 Å². The highest BCUT2D eigenvalue weighted by atomic mass is 16.1. The summed E-state index contributed by atoms with van der Waals surface area (Å²) in [4.78, 5) is 15.9. The van der Waals surface area contributed by atoms with Gasteiger partial charge in [-0.05, 0) is 46.5 Å². The van der Waals surface area contributed by atoms with Crippen LogP contribution in [0.4, 0.5) is 0 Å². The van der Waals surface area contributed by atoms with Crippen molar-refractivity contribution in [2.75, 3.05) is 13.1 Å². The number of aliphatic imine (C=N–C) groups is 1. The minimum absolute atomic E-state index is 0.317. The molecule has 0 aromatic rings. The van der Waals surface area contributed by atoms with Gasteiger partial charge in [0.1, 0.15) is 0 Å². The van der Waals surface area contributed by atoms with E-state index in [0.29, 0.717) is 12.6 Å². The van der Waals surface area contributed by atoms with E-state index >= 15 is 0 Å². The largest absolute Gasteiger partial charge is 0.369 e. The molecule has 0 spiro atoms. The second-order valence-electron chi connectivity index (χ2n) is 7.57. The van der Waals surface area contributed by atoms with Gasteiger partial charge >= 0.3 is 0 Å². The normalized spacial score (nSPS) is 18.5. The zero-order valence-electron chi connectivity index (χ0n) is 15.5. The molecule has 134 valence electrons. The highest BCUT2D eigenvalue weighted by Crippen LogP contribution is 2.27. The molecule has 0 aliphatic heterocycles. The summed E-state index contributed by atoms with van der Waals surface area (Å²) in [6.45, 7) is 9.10. The van der Waals surface area contributed by atoms with Gasteiger partial charge in [-0.25, -0.2) is 0 Å². The number of guanidine groups is 1. The van der Waals surface area contributed by atoms with Gasteiger partial charge in [-0.15, -0.1) is 0 Å². The van der Waals surface area contributed by atoms with Gasteiger partial charge in [0, 0.05) is 12.6 Å². The van der Waals surface area contributed by atoms with E-state index < -0.39 is 5.41 Å². The molecule has 1 atom stereocenters. The minimum atomic E-state index is -0.617. The van der Waals surface area contributed by atoms with E-state index in [1.165, 1.54) is 38.5 Å². The van der Waals surface area contributed by atoms with Gasteiger partial charge < -0.3 is 16.4 Å². The fourth-order valence-electron chi connectivity index (χ4n) is 2.94. The van der Waals surface area contributed by atoms with Crippen LogP contribution in [-0.4, -0.2) is 31.0 Å². The van der Waals surface area contributed by atoms with Crippen LogP contribution in [0.25, 0.3) is 0 Å². The maximum absolute atomic E-state index is 11.4. The van der Waals surface area contributed by atoms with E-state index in [1.54, 1.807) is 0 Å². The van der Waals surface area contributed by atoms with Crippen LogP contribution in [0, 0.1) is 11.3 Å². The number of nitrogens with one attached hydrogen (secondary N) is 2. The summed E-state index contributed by atoms with van der Waals surface area (Å²) in [6.07, 6.45) is 9.46. The fraction of sp³-hybridized carbons (Fsp3) is 0.889. The molecule has 1 amide bonds. The molecule has 0 radical (unpaired) electrons. The van der Waals surface area contributed by atoms with Crippen LogP contribution in [0.3, 0.4) is 0 Å². The lowest BCUT2D eigenvalue weighted by atomic mass is 9.85. The molecule has 1 fully saturated rings. The van der Waals surface area contributed by atoms with Crippen molar-refractivity contribution in [2.45, 2.75) is 78.7 Å². The number of nitrogens with zero attached hydrogens (tertiary/aromatic N) is 1. The lowest BCUT2D eigenvalue weighted by Crippen LogP contribution is -2.43. The number of rotatable bonds is 8. The Morgan fingerprint density at radius 2 is 1.96 bits per heavy atom. The van der Waals surface area contributed by atoms with Gasteiger partial charge in [-0.2, -0.15) is 0 Å².